The summed E-state index contributed by atoms with van der Waals surface area (Å²) in [6.45, 7) is 2.41. The summed E-state index contributed by atoms with van der Waals surface area (Å²) in [7, 11) is 1.73. The van der Waals surface area contributed by atoms with Crippen molar-refractivity contribution in [1.82, 2.24) is 10.6 Å². The second kappa shape index (κ2) is 8.23. The van der Waals surface area contributed by atoms with Gasteiger partial charge in [0.25, 0.3) is 0 Å². The Kier molecular flexibility index (Phi) is 7.62. The molecule has 5 nitrogen and oxygen atoms in total. The number of carboxylic acid groups (broad SMARTS) is 1. The summed E-state index contributed by atoms with van der Waals surface area (Å²) < 4.78 is 0. The molecule has 0 saturated heterocycles. The van der Waals surface area contributed by atoms with Crippen LogP contribution in [-0.2, 0) is 9.59 Å². The van der Waals surface area contributed by atoms with E-state index in [4.69, 9.17) is 5.11 Å². The van der Waals surface area contributed by atoms with Crippen molar-refractivity contribution in [2.75, 3.05) is 13.6 Å². The van der Waals surface area contributed by atoms with Crippen LogP contribution in [0.4, 0.5) is 0 Å². The summed E-state index contributed by atoms with van der Waals surface area (Å²) in [5.41, 5.74) is 0. The highest BCUT2D eigenvalue weighted by molar-refractivity contribution is 5.81. The first-order valence-electron chi connectivity index (χ1n) is 5.24. The average molecular weight is 216 g/mol. The number of likely N-dealkylation sites (N-methyl/N-ethyl adjacent to an activating group) is 1. The molecule has 0 aromatic heterocycles. The smallest absolute Gasteiger partial charge is 0.303 e. The summed E-state index contributed by atoms with van der Waals surface area (Å²) in [6, 6.07) is -0.177. The van der Waals surface area contributed by atoms with Crippen molar-refractivity contribution in [2.45, 2.75) is 38.6 Å². The molecule has 1 atom stereocenters. The lowest BCUT2D eigenvalue weighted by Crippen LogP contribution is -2.40. The lowest BCUT2D eigenvalue weighted by atomic mass is 10.2. The van der Waals surface area contributed by atoms with Gasteiger partial charge >= 0.3 is 5.97 Å². The van der Waals surface area contributed by atoms with E-state index < -0.39 is 5.97 Å². The number of carboxylic acids is 1. The maximum Gasteiger partial charge on any atom is 0.303 e. The largest absolute Gasteiger partial charge is 0.481 e. The van der Waals surface area contributed by atoms with Gasteiger partial charge in [0.1, 0.15) is 0 Å². The van der Waals surface area contributed by atoms with Gasteiger partial charge in [-0.2, -0.15) is 0 Å². The Morgan fingerprint density at radius 3 is 2.47 bits per heavy atom. The summed E-state index contributed by atoms with van der Waals surface area (Å²) in [4.78, 5) is 21.4. The predicted molar refractivity (Wildman–Crippen MR) is 57.6 cm³/mol. The minimum atomic E-state index is -0.761. The van der Waals surface area contributed by atoms with E-state index in [0.29, 0.717) is 13.0 Å². The highest BCUT2D eigenvalue weighted by Crippen LogP contribution is 1.98. The van der Waals surface area contributed by atoms with Gasteiger partial charge in [-0.25, -0.2) is 0 Å². The average Bonchev–Trinajstić information content (AvgIpc) is 2.21. The van der Waals surface area contributed by atoms with E-state index in [1.165, 1.54) is 0 Å². The number of carbonyl (C=O) groups excluding carboxylic acids is 1. The standard InChI is InChI=1S/C10H20N2O3/c1-8(11-2)10(15)12-7-5-3-4-6-9(13)14/h8,11H,3-7H2,1-2H3,(H,12,15)(H,13,14). The zero-order valence-electron chi connectivity index (χ0n) is 9.38. The Labute approximate surface area is 90.2 Å². The Bertz CT molecular complexity index is 207. The molecule has 3 N–H and O–H groups in total. The molecule has 5 heteroatoms. The molecule has 0 radical (unpaired) electrons. The first kappa shape index (κ1) is 13.9. The molecule has 15 heavy (non-hydrogen) atoms. The van der Waals surface area contributed by atoms with Crippen molar-refractivity contribution in [3.8, 4) is 0 Å². The van der Waals surface area contributed by atoms with Gasteiger partial charge in [0, 0.05) is 13.0 Å². The van der Waals surface area contributed by atoms with Crippen LogP contribution in [0.5, 0.6) is 0 Å². The van der Waals surface area contributed by atoms with Gasteiger partial charge in [0.05, 0.1) is 6.04 Å². The highest BCUT2D eigenvalue weighted by Gasteiger charge is 2.08. The van der Waals surface area contributed by atoms with Crippen molar-refractivity contribution in [2.24, 2.45) is 0 Å². The molecule has 0 heterocycles. The lowest BCUT2D eigenvalue weighted by Gasteiger charge is -2.10. The number of amides is 1. The Morgan fingerprint density at radius 2 is 1.93 bits per heavy atom. The van der Waals surface area contributed by atoms with Gasteiger partial charge in [-0.1, -0.05) is 6.42 Å². The minimum Gasteiger partial charge on any atom is -0.481 e. The number of hydrogen-bond donors (Lipinski definition) is 3. The SMILES string of the molecule is CNC(C)C(=O)NCCCCCC(=O)O. The first-order valence-corrected chi connectivity index (χ1v) is 5.24. The molecule has 0 aliphatic rings. The fourth-order valence-electron chi connectivity index (χ4n) is 1.07. The van der Waals surface area contributed by atoms with Crippen molar-refractivity contribution >= 4 is 11.9 Å². The van der Waals surface area contributed by atoms with E-state index in [1.807, 2.05) is 0 Å². The lowest BCUT2D eigenvalue weighted by molar-refractivity contribution is -0.137. The van der Waals surface area contributed by atoms with Crippen LogP contribution in [-0.4, -0.2) is 36.6 Å². The quantitative estimate of drug-likeness (QED) is 0.512. The summed E-state index contributed by atoms with van der Waals surface area (Å²) >= 11 is 0. The normalized spacial score (nSPS) is 12.1. The fraction of sp³-hybridized carbons (Fsp3) is 0.800. The van der Waals surface area contributed by atoms with E-state index in [2.05, 4.69) is 10.6 Å². The van der Waals surface area contributed by atoms with Crippen molar-refractivity contribution in [3.63, 3.8) is 0 Å². The summed E-state index contributed by atoms with van der Waals surface area (Å²) in [5.74, 6) is -0.779. The number of nitrogens with one attached hydrogen (secondary N) is 2. The molecule has 1 unspecified atom stereocenters. The van der Waals surface area contributed by atoms with Crippen molar-refractivity contribution < 1.29 is 14.7 Å². The second-order valence-electron chi connectivity index (χ2n) is 3.51. The minimum absolute atomic E-state index is 0.0178. The van der Waals surface area contributed by atoms with Crippen LogP contribution in [0, 0.1) is 0 Å². The molecule has 0 aliphatic heterocycles. The van der Waals surface area contributed by atoms with Gasteiger partial charge < -0.3 is 15.7 Å². The first-order chi connectivity index (χ1) is 7.07. The molecule has 0 rings (SSSR count). The van der Waals surface area contributed by atoms with Crippen LogP contribution in [0.25, 0.3) is 0 Å². The van der Waals surface area contributed by atoms with Crippen LogP contribution in [0.2, 0.25) is 0 Å². The van der Waals surface area contributed by atoms with Gasteiger partial charge in [0.2, 0.25) is 5.91 Å². The molecule has 0 aliphatic carbocycles. The van der Waals surface area contributed by atoms with Gasteiger partial charge in [0.15, 0.2) is 0 Å². The molecule has 0 aromatic carbocycles. The fourth-order valence-corrected chi connectivity index (χ4v) is 1.07. The maximum atomic E-state index is 11.2. The maximum absolute atomic E-state index is 11.2. The molecule has 0 spiro atoms. The zero-order chi connectivity index (χ0) is 11.7. The summed E-state index contributed by atoms with van der Waals surface area (Å²) in [6.07, 6.45) is 2.55. The monoisotopic (exact) mass is 216 g/mol. The Morgan fingerprint density at radius 1 is 1.27 bits per heavy atom. The number of hydrogen-bond acceptors (Lipinski definition) is 3. The van der Waals surface area contributed by atoms with Crippen LogP contribution < -0.4 is 10.6 Å². The molecule has 88 valence electrons. The molecule has 0 fully saturated rings. The van der Waals surface area contributed by atoms with E-state index in [1.54, 1.807) is 14.0 Å². The molecule has 0 bridgehead atoms. The molecule has 0 aromatic rings. The summed E-state index contributed by atoms with van der Waals surface area (Å²) in [5, 5.41) is 14.0. The number of aliphatic carboxylic acids is 1. The van der Waals surface area contributed by atoms with E-state index in [9.17, 15) is 9.59 Å². The zero-order valence-corrected chi connectivity index (χ0v) is 9.38. The third-order valence-corrected chi connectivity index (χ3v) is 2.19. The van der Waals surface area contributed by atoms with Crippen LogP contribution in [0.1, 0.15) is 32.6 Å². The highest BCUT2D eigenvalue weighted by atomic mass is 16.4. The second-order valence-corrected chi connectivity index (χ2v) is 3.51. The van der Waals surface area contributed by atoms with Gasteiger partial charge in [-0.05, 0) is 26.8 Å². The molecule has 1 amide bonds. The van der Waals surface area contributed by atoms with Crippen molar-refractivity contribution in [1.29, 1.82) is 0 Å². The van der Waals surface area contributed by atoms with E-state index in [0.717, 1.165) is 12.8 Å². The third kappa shape index (κ3) is 7.93. The topological polar surface area (TPSA) is 78.4 Å². The number of unbranched alkanes of at least 4 members (excludes halogenated alkanes) is 2. The van der Waals surface area contributed by atoms with Crippen LogP contribution in [0.3, 0.4) is 0 Å². The number of carbonyl (C=O) groups is 2. The van der Waals surface area contributed by atoms with Gasteiger partial charge in [-0.15, -0.1) is 0 Å². The molecular formula is C10H20N2O3. The molecule has 0 saturated carbocycles. The van der Waals surface area contributed by atoms with Crippen LogP contribution in [0.15, 0.2) is 0 Å². The molecular weight excluding hydrogens is 196 g/mol. The predicted octanol–water partition coefficient (Wildman–Crippen LogP) is 0.355. The Hall–Kier alpha value is -1.10. The van der Waals surface area contributed by atoms with E-state index >= 15 is 0 Å². The van der Waals surface area contributed by atoms with E-state index in [-0.39, 0.29) is 18.4 Å². The Balaban J connectivity index is 3.31. The van der Waals surface area contributed by atoms with Gasteiger partial charge in [-0.3, -0.25) is 9.59 Å². The number of rotatable bonds is 8. The third-order valence-electron chi connectivity index (χ3n) is 2.19. The van der Waals surface area contributed by atoms with Crippen LogP contribution >= 0.6 is 0 Å². The van der Waals surface area contributed by atoms with Crippen molar-refractivity contribution in [3.05, 3.63) is 0 Å².